The summed E-state index contributed by atoms with van der Waals surface area (Å²) >= 11 is 0. The van der Waals surface area contributed by atoms with Crippen LogP contribution < -0.4 is 15.8 Å². The standard InChI is InChI=1S/C18H19N3O6/c1-3-26-14-7-4-12(5-8-14)20-17(22)11(2)27-18(23)15-10-13(21(24)25)6-9-16(15)19/h4-11H,3,19H2,1-2H3,(H,20,22)/t11-/m1/s1. The van der Waals surface area contributed by atoms with Gasteiger partial charge in [0, 0.05) is 23.5 Å². The van der Waals surface area contributed by atoms with Crippen LogP contribution in [-0.4, -0.2) is 29.5 Å². The van der Waals surface area contributed by atoms with E-state index in [1.807, 2.05) is 6.92 Å². The number of non-ortho nitro benzene ring substituents is 1. The van der Waals surface area contributed by atoms with Crippen LogP contribution in [-0.2, 0) is 9.53 Å². The summed E-state index contributed by atoms with van der Waals surface area (Å²) in [5, 5.41) is 13.4. The number of nitrogens with one attached hydrogen (secondary N) is 1. The van der Waals surface area contributed by atoms with E-state index in [2.05, 4.69) is 5.32 Å². The molecule has 0 bridgehead atoms. The first-order valence-electron chi connectivity index (χ1n) is 8.10. The third-order valence-corrected chi connectivity index (χ3v) is 3.55. The molecule has 1 amide bonds. The molecule has 0 fully saturated rings. The molecule has 0 aliphatic heterocycles. The highest BCUT2D eigenvalue weighted by molar-refractivity contribution is 5.99. The van der Waals surface area contributed by atoms with Crippen LogP contribution in [0.15, 0.2) is 42.5 Å². The maximum atomic E-state index is 12.2. The Balaban J connectivity index is 2.02. The molecule has 0 saturated heterocycles. The highest BCUT2D eigenvalue weighted by Gasteiger charge is 2.22. The van der Waals surface area contributed by atoms with Gasteiger partial charge in [-0.25, -0.2) is 4.79 Å². The number of hydrogen-bond acceptors (Lipinski definition) is 7. The number of benzene rings is 2. The van der Waals surface area contributed by atoms with E-state index in [0.717, 1.165) is 6.07 Å². The van der Waals surface area contributed by atoms with Crippen molar-refractivity contribution in [2.24, 2.45) is 0 Å². The second kappa shape index (κ2) is 8.65. The molecule has 0 radical (unpaired) electrons. The minimum Gasteiger partial charge on any atom is -0.494 e. The van der Waals surface area contributed by atoms with Gasteiger partial charge in [-0.3, -0.25) is 14.9 Å². The minimum absolute atomic E-state index is 0.0183. The van der Waals surface area contributed by atoms with Gasteiger partial charge in [0.05, 0.1) is 17.1 Å². The van der Waals surface area contributed by atoms with Crippen LogP contribution in [0.25, 0.3) is 0 Å². The average Bonchev–Trinajstić information content (AvgIpc) is 2.63. The molecule has 0 spiro atoms. The molecule has 27 heavy (non-hydrogen) atoms. The molecule has 3 N–H and O–H groups in total. The number of amides is 1. The predicted octanol–water partition coefficient (Wildman–Crippen LogP) is 2.76. The zero-order chi connectivity index (χ0) is 20.0. The number of rotatable bonds is 7. The van der Waals surface area contributed by atoms with Crippen molar-refractivity contribution in [2.45, 2.75) is 20.0 Å². The number of hydrogen-bond donors (Lipinski definition) is 2. The molecule has 1 atom stereocenters. The van der Waals surface area contributed by atoms with E-state index in [4.69, 9.17) is 15.2 Å². The zero-order valence-corrected chi connectivity index (χ0v) is 14.8. The maximum Gasteiger partial charge on any atom is 0.341 e. The first-order chi connectivity index (χ1) is 12.8. The number of nitrogen functional groups attached to an aromatic ring is 1. The summed E-state index contributed by atoms with van der Waals surface area (Å²) in [6.07, 6.45) is -1.14. The number of nitro benzene ring substituents is 1. The van der Waals surface area contributed by atoms with Gasteiger partial charge >= 0.3 is 5.97 Å². The molecule has 0 heterocycles. The van der Waals surface area contributed by atoms with Gasteiger partial charge in [-0.2, -0.15) is 0 Å². The number of carbonyl (C=O) groups is 2. The summed E-state index contributed by atoms with van der Waals surface area (Å²) in [5.74, 6) is -0.821. The molecule has 2 rings (SSSR count). The smallest absolute Gasteiger partial charge is 0.341 e. The van der Waals surface area contributed by atoms with Gasteiger partial charge in [0.25, 0.3) is 11.6 Å². The molecule has 0 aliphatic carbocycles. The van der Waals surface area contributed by atoms with Gasteiger partial charge < -0.3 is 20.5 Å². The van der Waals surface area contributed by atoms with Crippen LogP contribution in [0.1, 0.15) is 24.2 Å². The van der Waals surface area contributed by atoms with Crippen LogP contribution in [0.2, 0.25) is 0 Å². The molecule has 0 saturated carbocycles. The van der Waals surface area contributed by atoms with Crippen molar-refractivity contribution < 1.29 is 24.0 Å². The Hall–Kier alpha value is -3.62. The highest BCUT2D eigenvalue weighted by atomic mass is 16.6. The molecule has 2 aromatic rings. The number of nitrogens with two attached hydrogens (primary N) is 1. The topological polar surface area (TPSA) is 134 Å². The Kier molecular flexibility index (Phi) is 6.32. The van der Waals surface area contributed by atoms with Crippen molar-refractivity contribution >= 4 is 28.9 Å². The molecule has 0 unspecified atom stereocenters. The quantitative estimate of drug-likeness (QED) is 0.330. The van der Waals surface area contributed by atoms with Crippen molar-refractivity contribution in [1.29, 1.82) is 0 Å². The summed E-state index contributed by atoms with van der Waals surface area (Å²) in [6, 6.07) is 10.1. The van der Waals surface area contributed by atoms with Crippen molar-refractivity contribution in [3.8, 4) is 5.75 Å². The molecule has 0 aliphatic rings. The monoisotopic (exact) mass is 373 g/mol. The first kappa shape index (κ1) is 19.7. The number of carbonyl (C=O) groups excluding carboxylic acids is 2. The van der Waals surface area contributed by atoms with Gasteiger partial charge in [-0.05, 0) is 44.2 Å². The van der Waals surface area contributed by atoms with Crippen LogP contribution in [0.3, 0.4) is 0 Å². The van der Waals surface area contributed by atoms with E-state index in [1.54, 1.807) is 24.3 Å². The number of ether oxygens (including phenoxy) is 2. The fraction of sp³-hybridized carbons (Fsp3) is 0.222. The van der Waals surface area contributed by atoms with Gasteiger partial charge in [0.1, 0.15) is 5.75 Å². The van der Waals surface area contributed by atoms with Crippen LogP contribution in [0.4, 0.5) is 17.1 Å². The lowest BCUT2D eigenvalue weighted by atomic mass is 10.1. The average molecular weight is 373 g/mol. The van der Waals surface area contributed by atoms with Crippen LogP contribution >= 0.6 is 0 Å². The largest absolute Gasteiger partial charge is 0.494 e. The lowest BCUT2D eigenvalue weighted by Gasteiger charge is -2.14. The van der Waals surface area contributed by atoms with E-state index in [1.165, 1.54) is 19.1 Å². The second-order valence-corrected chi connectivity index (χ2v) is 5.52. The van der Waals surface area contributed by atoms with E-state index < -0.39 is 22.9 Å². The SMILES string of the molecule is CCOc1ccc(NC(=O)[C@@H](C)OC(=O)c2cc([N+](=O)[O-])ccc2N)cc1. The molecule has 0 aromatic heterocycles. The van der Waals surface area contributed by atoms with E-state index in [-0.39, 0.29) is 16.9 Å². The van der Waals surface area contributed by atoms with E-state index in [0.29, 0.717) is 18.0 Å². The first-order valence-corrected chi connectivity index (χ1v) is 8.10. The summed E-state index contributed by atoms with van der Waals surface area (Å²) in [5.41, 5.74) is 5.71. The summed E-state index contributed by atoms with van der Waals surface area (Å²) in [4.78, 5) is 34.6. The molecule has 9 heteroatoms. The molecular formula is C18H19N3O6. The Morgan fingerprint density at radius 2 is 1.89 bits per heavy atom. The lowest BCUT2D eigenvalue weighted by molar-refractivity contribution is -0.384. The van der Waals surface area contributed by atoms with E-state index in [9.17, 15) is 19.7 Å². The fourth-order valence-corrected chi connectivity index (χ4v) is 2.16. The minimum atomic E-state index is -1.14. The van der Waals surface area contributed by atoms with E-state index >= 15 is 0 Å². The van der Waals surface area contributed by atoms with Crippen molar-refractivity contribution in [3.05, 3.63) is 58.1 Å². The van der Waals surface area contributed by atoms with Crippen LogP contribution in [0.5, 0.6) is 5.75 Å². The molecular weight excluding hydrogens is 354 g/mol. The highest BCUT2D eigenvalue weighted by Crippen LogP contribution is 2.21. The Morgan fingerprint density at radius 1 is 1.22 bits per heavy atom. The summed E-state index contributed by atoms with van der Waals surface area (Å²) < 4.78 is 10.4. The lowest BCUT2D eigenvalue weighted by Crippen LogP contribution is -2.30. The summed E-state index contributed by atoms with van der Waals surface area (Å²) in [7, 11) is 0. The van der Waals surface area contributed by atoms with Crippen molar-refractivity contribution in [2.75, 3.05) is 17.7 Å². The number of anilines is 2. The molecule has 9 nitrogen and oxygen atoms in total. The fourth-order valence-electron chi connectivity index (χ4n) is 2.16. The van der Waals surface area contributed by atoms with Crippen molar-refractivity contribution in [3.63, 3.8) is 0 Å². The maximum absolute atomic E-state index is 12.2. The van der Waals surface area contributed by atoms with Crippen LogP contribution in [0, 0.1) is 10.1 Å². The normalized spacial score (nSPS) is 11.3. The van der Waals surface area contributed by atoms with Crippen molar-refractivity contribution in [1.82, 2.24) is 0 Å². The second-order valence-electron chi connectivity index (χ2n) is 5.52. The number of nitro groups is 1. The van der Waals surface area contributed by atoms with Gasteiger partial charge in [0.2, 0.25) is 0 Å². The third kappa shape index (κ3) is 5.18. The Bertz CT molecular complexity index is 851. The molecule has 142 valence electrons. The summed E-state index contributed by atoms with van der Waals surface area (Å²) in [6.45, 7) is 3.77. The Labute approximate surface area is 155 Å². The van der Waals surface area contributed by atoms with Gasteiger partial charge in [-0.15, -0.1) is 0 Å². The van der Waals surface area contributed by atoms with Gasteiger partial charge in [-0.1, -0.05) is 0 Å². The number of esters is 1. The Morgan fingerprint density at radius 3 is 2.48 bits per heavy atom. The number of nitrogens with zero attached hydrogens (tertiary/aromatic N) is 1. The van der Waals surface area contributed by atoms with Gasteiger partial charge in [0.15, 0.2) is 6.10 Å². The third-order valence-electron chi connectivity index (χ3n) is 3.55. The zero-order valence-electron chi connectivity index (χ0n) is 14.8. The molecule has 2 aromatic carbocycles. The predicted molar refractivity (Wildman–Crippen MR) is 98.6 cm³/mol.